The van der Waals surface area contributed by atoms with Crippen LogP contribution in [-0.4, -0.2) is 32.6 Å². The van der Waals surface area contributed by atoms with Gasteiger partial charge in [-0.25, -0.2) is 4.79 Å². The number of rotatable bonds is 8. The van der Waals surface area contributed by atoms with Crippen LogP contribution < -0.4 is 19.5 Å². The maximum atomic E-state index is 13.7. The molecule has 0 saturated carbocycles. The Balaban J connectivity index is 2.16. The van der Waals surface area contributed by atoms with Crippen LogP contribution in [0.15, 0.2) is 42.5 Å². The van der Waals surface area contributed by atoms with Crippen molar-refractivity contribution in [2.75, 3.05) is 21.3 Å². The topological polar surface area (TPSA) is 78.9 Å². The molecule has 3 aromatic carbocycles. The Labute approximate surface area is 200 Å². The normalized spacial score (nSPS) is 11.1. The Morgan fingerprint density at radius 3 is 1.97 bits per heavy atom. The maximum Gasteiger partial charge on any atom is 0.459 e. The van der Waals surface area contributed by atoms with Gasteiger partial charge in [-0.1, -0.05) is 22.8 Å². The molecular weight excluding hydrogens is 451 g/mol. The van der Waals surface area contributed by atoms with Gasteiger partial charge in [-0.2, -0.15) is 0 Å². The molecule has 1 atom stereocenters. The number of aryl methyl sites for hydroxylation is 2. The molecule has 6 nitrogen and oxygen atoms in total. The summed E-state index contributed by atoms with van der Waals surface area (Å²) in [4.78, 5) is 27.2. The molecule has 7 heteroatoms. The van der Waals surface area contributed by atoms with Crippen LogP contribution in [0.4, 0.5) is 0 Å². The molecule has 0 spiro atoms. The summed E-state index contributed by atoms with van der Waals surface area (Å²) in [6.07, 6.45) is 0. The van der Waals surface area contributed by atoms with Crippen LogP contribution in [0.3, 0.4) is 0 Å². The SMILES string of the molecule is COc1ccc(OC)c(C(=O)c2ccccc2[P+](=O)C(=O)c2c(C)cc(C)c(C)c2C)c1OC. The summed E-state index contributed by atoms with van der Waals surface area (Å²) in [5.41, 5.74) is 3.80. The van der Waals surface area contributed by atoms with Crippen LogP contribution in [0.1, 0.15) is 48.5 Å². The number of hydrogen-bond donors (Lipinski definition) is 0. The van der Waals surface area contributed by atoms with Crippen molar-refractivity contribution in [3.8, 4) is 17.2 Å². The van der Waals surface area contributed by atoms with Gasteiger partial charge in [0.05, 0.1) is 32.5 Å². The lowest BCUT2D eigenvalue weighted by molar-refractivity contribution is 0.103. The summed E-state index contributed by atoms with van der Waals surface area (Å²) in [7, 11) is 1.77. The number of carbonyl (C=O) groups excluding carboxylic acids is 2. The van der Waals surface area contributed by atoms with Crippen molar-refractivity contribution in [2.24, 2.45) is 0 Å². The Bertz CT molecular complexity index is 1310. The molecule has 0 aliphatic rings. The van der Waals surface area contributed by atoms with Gasteiger partial charge in [0, 0.05) is 0 Å². The van der Waals surface area contributed by atoms with E-state index in [9.17, 15) is 14.2 Å². The molecule has 0 heterocycles. The van der Waals surface area contributed by atoms with E-state index < -0.39 is 19.1 Å². The summed E-state index contributed by atoms with van der Waals surface area (Å²) < 4.78 is 29.8. The number of benzene rings is 3. The summed E-state index contributed by atoms with van der Waals surface area (Å²) in [6, 6.07) is 11.6. The quantitative estimate of drug-likeness (QED) is 0.315. The predicted molar refractivity (Wildman–Crippen MR) is 133 cm³/mol. The first-order chi connectivity index (χ1) is 16.2. The molecule has 34 heavy (non-hydrogen) atoms. The first-order valence-electron chi connectivity index (χ1n) is 10.7. The highest BCUT2D eigenvalue weighted by atomic mass is 31.1. The van der Waals surface area contributed by atoms with Crippen molar-refractivity contribution in [2.45, 2.75) is 27.7 Å². The van der Waals surface area contributed by atoms with E-state index in [1.165, 1.54) is 21.3 Å². The number of ketones is 1. The van der Waals surface area contributed by atoms with E-state index in [2.05, 4.69) is 0 Å². The Kier molecular flexibility index (Phi) is 7.53. The van der Waals surface area contributed by atoms with Gasteiger partial charge in [-0.15, -0.1) is 0 Å². The highest BCUT2D eigenvalue weighted by Crippen LogP contribution is 2.40. The number of carbonyl (C=O) groups is 2. The second-order valence-electron chi connectivity index (χ2n) is 7.96. The lowest BCUT2D eigenvalue weighted by Gasteiger charge is -2.15. The van der Waals surface area contributed by atoms with Gasteiger partial charge in [-0.3, -0.25) is 4.79 Å². The van der Waals surface area contributed by atoms with Gasteiger partial charge in [-0.05, 0) is 74.2 Å². The van der Waals surface area contributed by atoms with Crippen molar-refractivity contribution in [3.63, 3.8) is 0 Å². The fraction of sp³-hybridized carbons (Fsp3) is 0.259. The third-order valence-corrected chi connectivity index (χ3v) is 7.50. The van der Waals surface area contributed by atoms with Crippen LogP contribution in [0.5, 0.6) is 17.2 Å². The maximum absolute atomic E-state index is 13.7. The first-order valence-corrected chi connectivity index (χ1v) is 12.0. The molecule has 3 rings (SSSR count). The Morgan fingerprint density at radius 2 is 1.35 bits per heavy atom. The fourth-order valence-corrected chi connectivity index (χ4v) is 5.48. The molecule has 0 saturated heterocycles. The van der Waals surface area contributed by atoms with Gasteiger partial charge in [0.1, 0.15) is 11.3 Å². The monoisotopic (exact) mass is 479 g/mol. The number of hydrogen-bond acceptors (Lipinski definition) is 6. The van der Waals surface area contributed by atoms with Gasteiger partial charge in [0.25, 0.3) is 0 Å². The third kappa shape index (κ3) is 4.34. The molecule has 0 fully saturated rings. The van der Waals surface area contributed by atoms with E-state index in [1.54, 1.807) is 36.4 Å². The first kappa shape index (κ1) is 25.1. The zero-order valence-corrected chi connectivity index (χ0v) is 21.3. The second-order valence-corrected chi connectivity index (χ2v) is 9.44. The van der Waals surface area contributed by atoms with Crippen LogP contribution in [0.25, 0.3) is 0 Å². The van der Waals surface area contributed by atoms with Crippen molar-refractivity contribution in [3.05, 3.63) is 81.4 Å². The summed E-state index contributed by atoms with van der Waals surface area (Å²) in [5, 5.41) is 0.163. The number of methoxy groups -OCH3 is 3. The van der Waals surface area contributed by atoms with E-state index in [0.717, 1.165) is 22.3 Å². The number of ether oxygens (including phenoxy) is 3. The highest BCUT2D eigenvalue weighted by Gasteiger charge is 2.39. The lowest BCUT2D eigenvalue weighted by Crippen LogP contribution is -2.18. The largest absolute Gasteiger partial charge is 0.496 e. The van der Waals surface area contributed by atoms with E-state index in [4.69, 9.17) is 14.2 Å². The standard InChI is InChI=1S/C27H28O6P/c1-15-14-16(2)23(18(4)17(15)3)27(29)34(30)22-11-9-8-10-19(22)25(28)24-20(31-5)12-13-21(32-6)26(24)33-7/h8-14H,1-7H3/q+1. The van der Waals surface area contributed by atoms with Crippen molar-refractivity contribution in [1.29, 1.82) is 0 Å². The minimum Gasteiger partial charge on any atom is -0.496 e. The van der Waals surface area contributed by atoms with Crippen LogP contribution in [0.2, 0.25) is 0 Å². The van der Waals surface area contributed by atoms with Crippen molar-refractivity contribution in [1.82, 2.24) is 0 Å². The van der Waals surface area contributed by atoms with Gasteiger partial charge in [0.15, 0.2) is 11.5 Å². The molecule has 176 valence electrons. The Morgan fingerprint density at radius 1 is 0.735 bits per heavy atom. The summed E-state index contributed by atoms with van der Waals surface area (Å²) in [5.74, 6) is 0.350. The molecule has 0 aliphatic heterocycles. The van der Waals surface area contributed by atoms with Gasteiger partial charge >= 0.3 is 13.3 Å². The zero-order chi connectivity index (χ0) is 25.2. The molecule has 3 aromatic rings. The average molecular weight is 479 g/mol. The molecule has 1 unspecified atom stereocenters. The molecule has 0 amide bonds. The second kappa shape index (κ2) is 10.2. The molecule has 0 radical (unpaired) electrons. The fourth-order valence-electron chi connectivity index (χ4n) is 4.10. The average Bonchev–Trinajstić information content (AvgIpc) is 2.85. The van der Waals surface area contributed by atoms with Crippen LogP contribution in [0, 0.1) is 27.7 Å². The summed E-state index contributed by atoms with van der Waals surface area (Å²) >= 11 is 0. The van der Waals surface area contributed by atoms with Crippen LogP contribution >= 0.6 is 7.80 Å². The van der Waals surface area contributed by atoms with E-state index >= 15 is 0 Å². The highest BCUT2D eigenvalue weighted by molar-refractivity contribution is 7.71. The van der Waals surface area contributed by atoms with E-state index in [-0.39, 0.29) is 27.9 Å². The van der Waals surface area contributed by atoms with E-state index in [1.807, 2.05) is 33.8 Å². The van der Waals surface area contributed by atoms with E-state index in [0.29, 0.717) is 11.3 Å². The molecule has 0 N–H and O–H groups in total. The molecule has 0 bridgehead atoms. The molecular formula is C27H28O6P+. The van der Waals surface area contributed by atoms with Crippen LogP contribution in [-0.2, 0) is 4.57 Å². The molecule has 0 aromatic heterocycles. The van der Waals surface area contributed by atoms with Gasteiger partial charge < -0.3 is 14.2 Å². The van der Waals surface area contributed by atoms with Crippen molar-refractivity contribution < 1.29 is 28.4 Å². The summed E-state index contributed by atoms with van der Waals surface area (Å²) in [6.45, 7) is 7.60. The van der Waals surface area contributed by atoms with Gasteiger partial charge in [0.2, 0.25) is 11.1 Å². The van der Waals surface area contributed by atoms with Crippen molar-refractivity contribution >= 4 is 24.4 Å². The smallest absolute Gasteiger partial charge is 0.459 e. The Hall–Kier alpha value is -3.50. The minimum absolute atomic E-state index is 0.131. The lowest BCUT2D eigenvalue weighted by atomic mass is 9.95. The molecule has 0 aliphatic carbocycles. The predicted octanol–water partition coefficient (Wildman–Crippen LogP) is 5.47. The minimum atomic E-state index is -2.57. The zero-order valence-electron chi connectivity index (χ0n) is 20.4. The third-order valence-electron chi connectivity index (χ3n) is 6.08.